The second kappa shape index (κ2) is 5.90. The zero-order chi connectivity index (χ0) is 13.7. The number of hydrogen-bond acceptors (Lipinski definition) is 4. The third kappa shape index (κ3) is 3.65. The van der Waals surface area contributed by atoms with Gasteiger partial charge in [-0.15, -0.1) is 0 Å². The van der Waals surface area contributed by atoms with Crippen LogP contribution in [-0.4, -0.2) is 25.2 Å². The Morgan fingerprint density at radius 3 is 2.56 bits per heavy atom. The lowest BCUT2D eigenvalue weighted by Gasteiger charge is -2.16. The van der Waals surface area contributed by atoms with Gasteiger partial charge in [0.1, 0.15) is 0 Å². The van der Waals surface area contributed by atoms with Crippen LogP contribution in [0, 0.1) is 6.92 Å². The van der Waals surface area contributed by atoms with E-state index in [0.717, 1.165) is 5.56 Å². The normalized spacial score (nSPS) is 11.5. The zero-order valence-corrected chi connectivity index (χ0v) is 10.5. The number of primary amides is 1. The Labute approximate surface area is 105 Å². The molecule has 3 N–H and O–H groups in total. The number of aryl methyl sites for hydroxylation is 1. The molecular formula is C12H16N2O4. The lowest BCUT2D eigenvalue weighted by atomic mass is 10.2. The molecule has 0 radical (unpaired) electrons. The van der Waals surface area contributed by atoms with E-state index in [-0.39, 0.29) is 0 Å². The molecule has 6 nitrogen and oxygen atoms in total. The maximum absolute atomic E-state index is 11.4. The van der Waals surface area contributed by atoms with Crippen molar-refractivity contribution in [3.8, 4) is 11.5 Å². The number of benzene rings is 1. The van der Waals surface area contributed by atoms with Gasteiger partial charge in [-0.1, -0.05) is 6.07 Å². The lowest BCUT2D eigenvalue weighted by Crippen LogP contribution is -2.42. The average molecular weight is 252 g/mol. The van der Waals surface area contributed by atoms with E-state index in [4.69, 9.17) is 15.2 Å². The number of amides is 3. The summed E-state index contributed by atoms with van der Waals surface area (Å²) in [6.07, 6.45) is -0.853. The van der Waals surface area contributed by atoms with Gasteiger partial charge in [0.05, 0.1) is 7.11 Å². The van der Waals surface area contributed by atoms with Gasteiger partial charge in [-0.2, -0.15) is 0 Å². The molecule has 0 fully saturated rings. The van der Waals surface area contributed by atoms with Crippen LogP contribution in [0.2, 0.25) is 0 Å². The number of carbonyl (C=O) groups is 2. The Morgan fingerprint density at radius 1 is 1.33 bits per heavy atom. The smallest absolute Gasteiger partial charge is 0.318 e. The molecule has 0 aliphatic heterocycles. The van der Waals surface area contributed by atoms with E-state index in [1.165, 1.54) is 14.0 Å². The summed E-state index contributed by atoms with van der Waals surface area (Å²) in [5.74, 6) is 0.342. The van der Waals surface area contributed by atoms with E-state index < -0.39 is 18.0 Å². The van der Waals surface area contributed by atoms with Crippen LogP contribution in [0.3, 0.4) is 0 Å². The molecule has 1 aromatic carbocycles. The molecule has 1 atom stereocenters. The molecule has 0 saturated heterocycles. The largest absolute Gasteiger partial charge is 0.493 e. The van der Waals surface area contributed by atoms with E-state index in [2.05, 4.69) is 0 Å². The maximum atomic E-state index is 11.4. The average Bonchev–Trinajstić information content (AvgIpc) is 2.30. The van der Waals surface area contributed by atoms with E-state index >= 15 is 0 Å². The molecule has 98 valence electrons. The van der Waals surface area contributed by atoms with Crippen LogP contribution in [0.25, 0.3) is 0 Å². The number of nitrogens with one attached hydrogen (secondary N) is 1. The molecule has 3 amide bonds. The molecule has 0 saturated carbocycles. The monoisotopic (exact) mass is 252 g/mol. The molecule has 0 aliphatic rings. The molecule has 6 heteroatoms. The van der Waals surface area contributed by atoms with Gasteiger partial charge in [0.15, 0.2) is 17.6 Å². The summed E-state index contributed by atoms with van der Waals surface area (Å²) in [6, 6.07) is 4.40. The number of methoxy groups -OCH3 is 1. The number of ether oxygens (including phenoxy) is 2. The van der Waals surface area contributed by atoms with Gasteiger partial charge in [-0.3, -0.25) is 10.1 Å². The summed E-state index contributed by atoms with van der Waals surface area (Å²) in [6.45, 7) is 3.42. The predicted molar refractivity (Wildman–Crippen MR) is 65.5 cm³/mol. The summed E-state index contributed by atoms with van der Waals surface area (Å²) < 4.78 is 10.5. The number of hydrogen-bond donors (Lipinski definition) is 2. The van der Waals surface area contributed by atoms with Crippen molar-refractivity contribution >= 4 is 11.9 Å². The van der Waals surface area contributed by atoms with Crippen molar-refractivity contribution in [1.29, 1.82) is 0 Å². The number of rotatable bonds is 4. The fourth-order valence-electron chi connectivity index (χ4n) is 1.34. The van der Waals surface area contributed by atoms with Gasteiger partial charge in [0.2, 0.25) is 0 Å². The van der Waals surface area contributed by atoms with Crippen molar-refractivity contribution < 1.29 is 19.1 Å². The van der Waals surface area contributed by atoms with Crippen molar-refractivity contribution in [3.05, 3.63) is 23.8 Å². The molecule has 0 aromatic heterocycles. The van der Waals surface area contributed by atoms with Crippen molar-refractivity contribution in [3.63, 3.8) is 0 Å². The van der Waals surface area contributed by atoms with Gasteiger partial charge in [0, 0.05) is 0 Å². The highest BCUT2D eigenvalue weighted by molar-refractivity contribution is 5.95. The van der Waals surface area contributed by atoms with Crippen LogP contribution in [0.4, 0.5) is 4.79 Å². The molecular weight excluding hydrogens is 236 g/mol. The van der Waals surface area contributed by atoms with Gasteiger partial charge >= 0.3 is 6.03 Å². The number of nitrogens with two attached hydrogens (primary N) is 1. The van der Waals surface area contributed by atoms with Crippen molar-refractivity contribution in [2.45, 2.75) is 20.0 Å². The van der Waals surface area contributed by atoms with E-state index in [1.807, 2.05) is 18.3 Å². The number of imide groups is 1. The van der Waals surface area contributed by atoms with Gasteiger partial charge < -0.3 is 15.2 Å². The van der Waals surface area contributed by atoms with Crippen LogP contribution < -0.4 is 20.5 Å². The maximum Gasteiger partial charge on any atom is 0.318 e. The minimum absolute atomic E-state index is 0.426. The summed E-state index contributed by atoms with van der Waals surface area (Å²) in [4.78, 5) is 22.0. The summed E-state index contributed by atoms with van der Waals surface area (Å²) in [5.41, 5.74) is 5.86. The highest BCUT2D eigenvalue weighted by Gasteiger charge is 2.17. The van der Waals surface area contributed by atoms with Gasteiger partial charge in [0.25, 0.3) is 5.91 Å². The Morgan fingerprint density at radius 2 is 2.00 bits per heavy atom. The van der Waals surface area contributed by atoms with Crippen molar-refractivity contribution in [2.24, 2.45) is 5.73 Å². The first-order chi connectivity index (χ1) is 8.43. The van der Waals surface area contributed by atoms with Crippen LogP contribution in [0.1, 0.15) is 12.5 Å². The van der Waals surface area contributed by atoms with Crippen LogP contribution in [0.15, 0.2) is 18.2 Å². The molecule has 1 aromatic rings. The summed E-state index contributed by atoms with van der Waals surface area (Å²) in [5, 5.41) is 1.95. The zero-order valence-electron chi connectivity index (χ0n) is 10.5. The molecule has 0 bridgehead atoms. The molecule has 0 unspecified atom stereocenters. The third-order valence-corrected chi connectivity index (χ3v) is 2.24. The molecule has 1 rings (SSSR count). The highest BCUT2D eigenvalue weighted by atomic mass is 16.5. The first-order valence-corrected chi connectivity index (χ1v) is 5.35. The van der Waals surface area contributed by atoms with E-state index in [1.54, 1.807) is 12.1 Å². The standard InChI is InChI=1S/C12H16N2O4/c1-7-4-5-9(10(6-7)17-3)18-8(2)11(15)14-12(13)16/h4-6,8H,1-3H3,(H3,13,14,15,16)/t8-/m0/s1. The Kier molecular flexibility index (Phi) is 4.53. The first kappa shape index (κ1) is 13.8. The summed E-state index contributed by atoms with van der Waals surface area (Å²) >= 11 is 0. The Balaban J connectivity index is 2.78. The Bertz CT molecular complexity index is 459. The fourth-order valence-corrected chi connectivity index (χ4v) is 1.34. The third-order valence-electron chi connectivity index (χ3n) is 2.24. The van der Waals surface area contributed by atoms with Crippen molar-refractivity contribution in [2.75, 3.05) is 7.11 Å². The van der Waals surface area contributed by atoms with E-state index in [0.29, 0.717) is 11.5 Å². The quantitative estimate of drug-likeness (QED) is 0.835. The highest BCUT2D eigenvalue weighted by Crippen LogP contribution is 2.28. The number of urea groups is 1. The minimum atomic E-state index is -0.911. The minimum Gasteiger partial charge on any atom is -0.493 e. The van der Waals surface area contributed by atoms with E-state index in [9.17, 15) is 9.59 Å². The predicted octanol–water partition coefficient (Wildman–Crippen LogP) is 0.966. The van der Waals surface area contributed by atoms with Crippen LogP contribution in [0.5, 0.6) is 11.5 Å². The lowest BCUT2D eigenvalue weighted by molar-refractivity contribution is -0.126. The van der Waals surface area contributed by atoms with Crippen molar-refractivity contribution in [1.82, 2.24) is 5.32 Å². The SMILES string of the molecule is COc1cc(C)ccc1O[C@@H](C)C(=O)NC(N)=O. The van der Waals surface area contributed by atoms with Gasteiger partial charge in [-0.05, 0) is 31.5 Å². The molecule has 0 spiro atoms. The van der Waals surface area contributed by atoms with Crippen LogP contribution >= 0.6 is 0 Å². The second-order valence-corrected chi connectivity index (χ2v) is 3.77. The second-order valence-electron chi connectivity index (χ2n) is 3.77. The first-order valence-electron chi connectivity index (χ1n) is 5.35. The number of carbonyl (C=O) groups excluding carboxylic acids is 2. The Hall–Kier alpha value is -2.24. The molecule has 18 heavy (non-hydrogen) atoms. The summed E-state index contributed by atoms with van der Waals surface area (Å²) in [7, 11) is 1.51. The fraction of sp³-hybridized carbons (Fsp3) is 0.333. The topological polar surface area (TPSA) is 90.7 Å². The van der Waals surface area contributed by atoms with Crippen LogP contribution in [-0.2, 0) is 4.79 Å². The van der Waals surface area contributed by atoms with Gasteiger partial charge in [-0.25, -0.2) is 4.79 Å². The molecule has 0 heterocycles. The molecule has 0 aliphatic carbocycles.